The van der Waals surface area contributed by atoms with E-state index in [9.17, 15) is 9.90 Å². The van der Waals surface area contributed by atoms with Gasteiger partial charge in [0, 0.05) is 6.54 Å². The van der Waals surface area contributed by atoms with Gasteiger partial charge in [-0.05, 0) is 38.2 Å². The van der Waals surface area contributed by atoms with Crippen LogP contribution >= 0.6 is 0 Å². The minimum Gasteiger partial charge on any atom is -0.388 e. The van der Waals surface area contributed by atoms with Gasteiger partial charge in [-0.25, -0.2) is 0 Å². The van der Waals surface area contributed by atoms with Gasteiger partial charge in [-0.3, -0.25) is 4.79 Å². The Morgan fingerprint density at radius 3 is 2.00 bits per heavy atom. The number of amides is 1. The van der Waals surface area contributed by atoms with Crippen molar-refractivity contribution < 1.29 is 9.90 Å². The molecule has 0 spiro atoms. The first kappa shape index (κ1) is 24.1. The van der Waals surface area contributed by atoms with Crippen molar-refractivity contribution in [3.05, 3.63) is 60.8 Å². The summed E-state index contributed by atoms with van der Waals surface area (Å²) >= 11 is 0. The van der Waals surface area contributed by atoms with Crippen LogP contribution in [0.25, 0.3) is 0 Å². The molecule has 0 saturated heterocycles. The molecule has 0 fully saturated rings. The van der Waals surface area contributed by atoms with E-state index in [1.807, 2.05) is 50.3 Å². The van der Waals surface area contributed by atoms with E-state index in [1.54, 1.807) is 6.08 Å². The summed E-state index contributed by atoms with van der Waals surface area (Å²) in [5.74, 6) is -0.141. The highest BCUT2D eigenvalue weighted by Gasteiger charge is 2.23. The molecule has 0 heterocycles. The summed E-state index contributed by atoms with van der Waals surface area (Å²) < 4.78 is 0. The van der Waals surface area contributed by atoms with Crippen LogP contribution in [0.2, 0.25) is 0 Å². The highest BCUT2D eigenvalue weighted by Crippen LogP contribution is 2.15. The lowest BCUT2D eigenvalue weighted by Gasteiger charge is -2.26. The number of hydrogen-bond donors (Lipinski definition) is 2. The molecule has 0 saturated carbocycles. The Balaban J connectivity index is 3.90. The summed E-state index contributed by atoms with van der Waals surface area (Å²) in [6, 6.07) is 0. The largest absolute Gasteiger partial charge is 0.388 e. The van der Waals surface area contributed by atoms with E-state index >= 15 is 0 Å². The van der Waals surface area contributed by atoms with Gasteiger partial charge in [-0.2, -0.15) is 0 Å². The molecule has 3 nitrogen and oxygen atoms in total. The number of hydrogen-bond acceptors (Lipinski definition) is 2. The van der Waals surface area contributed by atoms with E-state index < -0.39 is 5.60 Å². The third-order valence-electron chi connectivity index (χ3n) is 4.02. The zero-order chi connectivity index (χ0) is 19.5. The second-order valence-corrected chi connectivity index (χ2v) is 6.44. The van der Waals surface area contributed by atoms with Crippen molar-refractivity contribution >= 4 is 5.91 Å². The molecule has 0 aliphatic rings. The molecule has 3 heteroatoms. The van der Waals surface area contributed by atoms with Crippen molar-refractivity contribution in [2.24, 2.45) is 0 Å². The Morgan fingerprint density at radius 1 is 0.846 bits per heavy atom. The van der Waals surface area contributed by atoms with E-state index in [0.29, 0.717) is 19.4 Å². The molecule has 2 N–H and O–H groups in total. The fourth-order valence-corrected chi connectivity index (χ4v) is 2.32. The molecule has 1 unspecified atom stereocenters. The molecule has 0 radical (unpaired) electrons. The van der Waals surface area contributed by atoms with Gasteiger partial charge in [0.25, 0.3) is 0 Å². The number of aliphatic hydroxyl groups is 1. The van der Waals surface area contributed by atoms with Gasteiger partial charge in [-0.1, -0.05) is 88.3 Å². The molecule has 0 aromatic heterocycles. The Kier molecular flexibility index (Phi) is 15.4. The summed E-state index contributed by atoms with van der Waals surface area (Å²) in [6.45, 7) is 6.45. The quantitative estimate of drug-likeness (QED) is 0.248. The number of rotatable bonds is 14. The first-order valence-corrected chi connectivity index (χ1v) is 9.89. The second kappa shape index (κ2) is 16.6. The first-order chi connectivity index (χ1) is 12.6. The van der Waals surface area contributed by atoms with Crippen molar-refractivity contribution in [1.29, 1.82) is 0 Å². The maximum atomic E-state index is 11.8. The summed E-state index contributed by atoms with van der Waals surface area (Å²) in [5, 5.41) is 13.1. The molecule has 0 bridgehead atoms. The van der Waals surface area contributed by atoms with Crippen LogP contribution in [0.1, 0.15) is 65.7 Å². The van der Waals surface area contributed by atoms with E-state index in [1.165, 1.54) is 6.42 Å². The summed E-state index contributed by atoms with van der Waals surface area (Å²) in [4.78, 5) is 11.8. The van der Waals surface area contributed by atoms with E-state index in [2.05, 4.69) is 30.5 Å². The van der Waals surface area contributed by atoms with Crippen LogP contribution in [-0.2, 0) is 4.79 Å². The van der Waals surface area contributed by atoms with Gasteiger partial charge in [0.2, 0.25) is 5.91 Å². The predicted molar refractivity (Wildman–Crippen MR) is 113 cm³/mol. The SMILES string of the molecule is CCCC=CC=CC=CC=CCCC=CC(=O)NCC(O)(CC)CCC. The third-order valence-corrected chi connectivity index (χ3v) is 4.02. The van der Waals surface area contributed by atoms with Crippen LogP contribution in [0.4, 0.5) is 0 Å². The predicted octanol–water partition coefficient (Wildman–Crippen LogP) is 5.41. The molecule has 26 heavy (non-hydrogen) atoms. The molecular weight excluding hydrogens is 322 g/mol. The monoisotopic (exact) mass is 359 g/mol. The lowest BCUT2D eigenvalue weighted by atomic mass is 9.95. The zero-order valence-corrected chi connectivity index (χ0v) is 16.8. The van der Waals surface area contributed by atoms with Gasteiger partial charge >= 0.3 is 0 Å². The molecular formula is C23H37NO2. The van der Waals surface area contributed by atoms with Crippen molar-refractivity contribution in [2.75, 3.05) is 6.54 Å². The smallest absolute Gasteiger partial charge is 0.243 e. The van der Waals surface area contributed by atoms with Crippen LogP contribution in [0, 0.1) is 0 Å². The minimum absolute atomic E-state index is 0.141. The van der Waals surface area contributed by atoms with Crippen LogP contribution in [0.3, 0.4) is 0 Å². The summed E-state index contributed by atoms with van der Waals surface area (Å²) in [5.41, 5.74) is -0.784. The molecule has 0 aliphatic carbocycles. The zero-order valence-electron chi connectivity index (χ0n) is 16.8. The number of nitrogens with one attached hydrogen (secondary N) is 1. The van der Waals surface area contributed by atoms with Crippen molar-refractivity contribution in [3.8, 4) is 0 Å². The van der Waals surface area contributed by atoms with Gasteiger partial charge in [-0.15, -0.1) is 0 Å². The molecule has 0 aromatic carbocycles. The lowest BCUT2D eigenvalue weighted by molar-refractivity contribution is -0.117. The normalized spacial score (nSPS) is 15.1. The molecule has 0 rings (SSSR count). The summed E-state index contributed by atoms with van der Waals surface area (Å²) in [7, 11) is 0. The van der Waals surface area contributed by atoms with Crippen LogP contribution in [-0.4, -0.2) is 23.2 Å². The Bertz CT molecular complexity index is 500. The second-order valence-electron chi connectivity index (χ2n) is 6.44. The van der Waals surface area contributed by atoms with Gasteiger partial charge in [0.05, 0.1) is 5.60 Å². The lowest BCUT2D eigenvalue weighted by Crippen LogP contribution is -2.41. The highest BCUT2D eigenvalue weighted by atomic mass is 16.3. The number of unbranched alkanes of at least 4 members (excludes halogenated alkanes) is 2. The number of allylic oxidation sites excluding steroid dienone is 9. The van der Waals surface area contributed by atoms with Crippen molar-refractivity contribution in [2.45, 2.75) is 71.3 Å². The van der Waals surface area contributed by atoms with E-state index in [4.69, 9.17) is 0 Å². The average molecular weight is 360 g/mol. The van der Waals surface area contributed by atoms with Crippen molar-refractivity contribution in [1.82, 2.24) is 5.32 Å². The fourth-order valence-electron chi connectivity index (χ4n) is 2.32. The fraction of sp³-hybridized carbons (Fsp3) is 0.522. The standard InChI is InChI=1S/C23H37NO2/c1-4-7-8-9-10-11-12-13-14-15-16-17-18-19-22(25)24-21-23(26,6-3)20-5-2/h8-15,18-19,26H,4-7,16-17,20-21H2,1-3H3,(H,24,25). The minimum atomic E-state index is -0.784. The number of carbonyl (C=O) groups excluding carboxylic acids is 1. The van der Waals surface area contributed by atoms with Gasteiger partial charge < -0.3 is 10.4 Å². The Morgan fingerprint density at radius 2 is 1.42 bits per heavy atom. The first-order valence-electron chi connectivity index (χ1n) is 9.89. The maximum Gasteiger partial charge on any atom is 0.243 e. The number of carbonyl (C=O) groups is 1. The molecule has 146 valence electrons. The van der Waals surface area contributed by atoms with E-state index in [0.717, 1.165) is 25.7 Å². The molecule has 1 atom stereocenters. The average Bonchev–Trinajstić information content (AvgIpc) is 2.64. The molecule has 0 aliphatic heterocycles. The topological polar surface area (TPSA) is 49.3 Å². The van der Waals surface area contributed by atoms with Crippen LogP contribution < -0.4 is 5.32 Å². The van der Waals surface area contributed by atoms with Crippen LogP contribution in [0.15, 0.2) is 60.8 Å². The van der Waals surface area contributed by atoms with Gasteiger partial charge in [0.1, 0.15) is 0 Å². The van der Waals surface area contributed by atoms with Gasteiger partial charge in [0.15, 0.2) is 0 Å². The summed E-state index contributed by atoms with van der Waals surface area (Å²) in [6.07, 6.45) is 26.1. The molecule has 1 amide bonds. The Labute approximate surface area is 160 Å². The van der Waals surface area contributed by atoms with Crippen LogP contribution in [0.5, 0.6) is 0 Å². The van der Waals surface area contributed by atoms with E-state index in [-0.39, 0.29) is 5.91 Å². The Hall–Kier alpha value is -1.87. The van der Waals surface area contributed by atoms with Crippen molar-refractivity contribution in [3.63, 3.8) is 0 Å². The maximum absolute atomic E-state index is 11.8. The highest BCUT2D eigenvalue weighted by molar-refractivity contribution is 5.87. The molecule has 0 aromatic rings. The third kappa shape index (κ3) is 14.5.